The minimum absolute atomic E-state index is 0.0292. The van der Waals surface area contributed by atoms with Gasteiger partial charge in [0.1, 0.15) is 5.82 Å². The van der Waals surface area contributed by atoms with E-state index >= 15 is 0 Å². The Morgan fingerprint density at radius 1 is 1.56 bits per heavy atom. The van der Waals surface area contributed by atoms with Crippen LogP contribution in [0.2, 0.25) is 0 Å². The van der Waals surface area contributed by atoms with Gasteiger partial charge in [-0.1, -0.05) is 15.9 Å². The van der Waals surface area contributed by atoms with Crippen molar-refractivity contribution in [1.29, 1.82) is 0 Å². The van der Waals surface area contributed by atoms with Crippen molar-refractivity contribution in [2.45, 2.75) is 6.54 Å². The molecule has 0 saturated carbocycles. The standard InChI is InChI=1S/C11H8BrFN2O2S/c12-6-1-2-8(13)9(3-6)14-4-7-5-18-10(15-7)11(16)17/h1-3,5,14H,4H2,(H,16,17). The average molecular weight is 331 g/mol. The molecule has 2 N–H and O–H groups in total. The van der Waals surface area contributed by atoms with Crippen molar-refractivity contribution < 1.29 is 14.3 Å². The van der Waals surface area contributed by atoms with E-state index in [0.717, 1.165) is 15.8 Å². The molecule has 0 spiro atoms. The lowest BCUT2D eigenvalue weighted by Crippen LogP contribution is -2.03. The molecule has 0 aliphatic heterocycles. The summed E-state index contributed by atoms with van der Waals surface area (Å²) in [5.41, 5.74) is 0.908. The number of halogens is 2. The third kappa shape index (κ3) is 3.05. The number of carbonyl (C=O) groups is 1. The van der Waals surface area contributed by atoms with E-state index in [4.69, 9.17) is 5.11 Å². The first-order valence-corrected chi connectivity index (χ1v) is 6.60. The number of anilines is 1. The van der Waals surface area contributed by atoms with Gasteiger partial charge in [-0.3, -0.25) is 0 Å². The molecule has 94 valence electrons. The van der Waals surface area contributed by atoms with E-state index in [0.29, 0.717) is 11.4 Å². The van der Waals surface area contributed by atoms with E-state index < -0.39 is 5.97 Å². The highest BCUT2D eigenvalue weighted by Crippen LogP contribution is 2.21. The van der Waals surface area contributed by atoms with Crippen LogP contribution < -0.4 is 5.32 Å². The van der Waals surface area contributed by atoms with Gasteiger partial charge in [0.15, 0.2) is 0 Å². The average Bonchev–Trinajstić information content (AvgIpc) is 2.79. The lowest BCUT2D eigenvalue weighted by Gasteiger charge is -2.06. The topological polar surface area (TPSA) is 62.2 Å². The highest BCUT2D eigenvalue weighted by atomic mass is 79.9. The summed E-state index contributed by atoms with van der Waals surface area (Å²) in [6.45, 7) is 0.275. The monoisotopic (exact) mass is 330 g/mol. The van der Waals surface area contributed by atoms with Gasteiger partial charge in [-0.2, -0.15) is 0 Å². The molecule has 0 amide bonds. The summed E-state index contributed by atoms with van der Waals surface area (Å²) in [6.07, 6.45) is 0. The highest BCUT2D eigenvalue weighted by molar-refractivity contribution is 9.10. The summed E-state index contributed by atoms with van der Waals surface area (Å²) in [6, 6.07) is 4.56. The van der Waals surface area contributed by atoms with Gasteiger partial charge in [0.05, 0.1) is 17.9 Å². The molecular formula is C11H8BrFN2O2S. The fourth-order valence-electron chi connectivity index (χ4n) is 1.31. The second kappa shape index (κ2) is 5.45. The summed E-state index contributed by atoms with van der Waals surface area (Å²) in [5.74, 6) is -1.42. The van der Waals surface area contributed by atoms with Crippen LogP contribution >= 0.6 is 27.3 Å². The Morgan fingerprint density at radius 3 is 3.00 bits per heavy atom. The lowest BCUT2D eigenvalue weighted by molar-refractivity contribution is 0.0696. The van der Waals surface area contributed by atoms with Crippen molar-refractivity contribution in [2.75, 3.05) is 5.32 Å². The van der Waals surface area contributed by atoms with E-state index in [1.165, 1.54) is 6.07 Å². The van der Waals surface area contributed by atoms with Crippen LogP contribution in [0.3, 0.4) is 0 Å². The van der Waals surface area contributed by atoms with E-state index in [-0.39, 0.29) is 17.4 Å². The predicted octanol–water partition coefficient (Wildman–Crippen LogP) is 3.36. The maximum Gasteiger partial charge on any atom is 0.365 e. The Bertz CT molecular complexity index is 588. The molecule has 4 nitrogen and oxygen atoms in total. The molecule has 1 aromatic heterocycles. The number of thiazole rings is 1. The van der Waals surface area contributed by atoms with Crippen LogP contribution in [0.25, 0.3) is 0 Å². The molecule has 0 aliphatic rings. The lowest BCUT2D eigenvalue weighted by atomic mass is 10.3. The van der Waals surface area contributed by atoms with Crippen LogP contribution in [-0.2, 0) is 6.54 Å². The van der Waals surface area contributed by atoms with Crippen LogP contribution in [0, 0.1) is 5.82 Å². The summed E-state index contributed by atoms with van der Waals surface area (Å²) >= 11 is 4.29. The molecule has 7 heteroatoms. The zero-order valence-electron chi connectivity index (χ0n) is 8.98. The molecule has 1 aromatic carbocycles. The molecule has 0 radical (unpaired) electrons. The van der Waals surface area contributed by atoms with Crippen molar-refractivity contribution in [3.63, 3.8) is 0 Å². The first kappa shape index (κ1) is 13.0. The number of nitrogens with zero attached hydrogens (tertiary/aromatic N) is 1. The van der Waals surface area contributed by atoms with Crippen molar-refractivity contribution in [3.8, 4) is 0 Å². The minimum atomic E-state index is -1.06. The van der Waals surface area contributed by atoms with Crippen LogP contribution in [0.1, 0.15) is 15.5 Å². The van der Waals surface area contributed by atoms with Crippen molar-refractivity contribution in [2.24, 2.45) is 0 Å². The van der Waals surface area contributed by atoms with Gasteiger partial charge >= 0.3 is 5.97 Å². The molecular weight excluding hydrogens is 323 g/mol. The van der Waals surface area contributed by atoms with E-state index in [1.807, 2.05) is 0 Å². The van der Waals surface area contributed by atoms with Gasteiger partial charge in [0, 0.05) is 9.85 Å². The largest absolute Gasteiger partial charge is 0.476 e. The number of rotatable bonds is 4. The van der Waals surface area contributed by atoms with Gasteiger partial charge in [0.25, 0.3) is 0 Å². The SMILES string of the molecule is O=C(O)c1nc(CNc2cc(Br)ccc2F)cs1. The fourth-order valence-corrected chi connectivity index (χ4v) is 2.32. The van der Waals surface area contributed by atoms with Gasteiger partial charge in [-0.15, -0.1) is 11.3 Å². The molecule has 2 aromatic rings. The number of carboxylic acid groups (broad SMARTS) is 1. The smallest absolute Gasteiger partial charge is 0.365 e. The first-order chi connectivity index (χ1) is 8.56. The van der Waals surface area contributed by atoms with Gasteiger partial charge < -0.3 is 10.4 Å². The number of hydrogen-bond donors (Lipinski definition) is 2. The van der Waals surface area contributed by atoms with E-state index in [9.17, 15) is 9.18 Å². The molecule has 0 bridgehead atoms. The fraction of sp³-hybridized carbons (Fsp3) is 0.0909. The molecule has 2 rings (SSSR count). The molecule has 1 heterocycles. The number of carboxylic acids is 1. The van der Waals surface area contributed by atoms with Crippen molar-refractivity contribution >= 4 is 38.9 Å². The third-order valence-corrected chi connectivity index (χ3v) is 3.50. The van der Waals surface area contributed by atoms with Crippen LogP contribution in [0.4, 0.5) is 10.1 Å². The second-order valence-electron chi connectivity index (χ2n) is 3.43. The zero-order chi connectivity index (χ0) is 13.1. The van der Waals surface area contributed by atoms with Gasteiger partial charge in [0.2, 0.25) is 5.01 Å². The Hall–Kier alpha value is -1.47. The predicted molar refractivity (Wildman–Crippen MR) is 70.5 cm³/mol. The second-order valence-corrected chi connectivity index (χ2v) is 5.20. The molecule has 0 saturated heterocycles. The minimum Gasteiger partial charge on any atom is -0.476 e. The van der Waals surface area contributed by atoms with Crippen LogP contribution in [0.5, 0.6) is 0 Å². The summed E-state index contributed by atoms with van der Waals surface area (Å²) in [7, 11) is 0. The quantitative estimate of drug-likeness (QED) is 0.902. The maximum absolute atomic E-state index is 13.4. The molecule has 0 unspecified atom stereocenters. The van der Waals surface area contributed by atoms with Gasteiger partial charge in [-0.05, 0) is 18.2 Å². The molecule has 18 heavy (non-hydrogen) atoms. The summed E-state index contributed by atoms with van der Waals surface area (Å²) in [4.78, 5) is 14.5. The Labute approximate surface area is 115 Å². The van der Waals surface area contributed by atoms with E-state index in [1.54, 1.807) is 17.5 Å². The van der Waals surface area contributed by atoms with Gasteiger partial charge in [-0.25, -0.2) is 14.2 Å². The normalized spacial score (nSPS) is 10.3. The first-order valence-electron chi connectivity index (χ1n) is 4.93. The molecule has 0 fully saturated rings. The Balaban J connectivity index is 2.06. The molecule has 0 aliphatic carbocycles. The number of benzene rings is 1. The maximum atomic E-state index is 13.4. The van der Waals surface area contributed by atoms with Crippen molar-refractivity contribution in [3.05, 3.63) is 44.6 Å². The number of hydrogen-bond acceptors (Lipinski definition) is 4. The third-order valence-electron chi connectivity index (χ3n) is 2.12. The van der Waals surface area contributed by atoms with E-state index in [2.05, 4.69) is 26.2 Å². The zero-order valence-corrected chi connectivity index (χ0v) is 11.4. The number of nitrogens with one attached hydrogen (secondary N) is 1. The highest BCUT2D eigenvalue weighted by Gasteiger charge is 2.09. The van der Waals surface area contributed by atoms with Crippen LogP contribution in [-0.4, -0.2) is 16.1 Å². The van der Waals surface area contributed by atoms with Crippen LogP contribution in [0.15, 0.2) is 28.1 Å². The Morgan fingerprint density at radius 2 is 2.33 bits per heavy atom. The van der Waals surface area contributed by atoms with Crippen molar-refractivity contribution in [1.82, 2.24) is 4.98 Å². The molecule has 0 atom stereocenters. The Kier molecular flexibility index (Phi) is 3.93. The summed E-state index contributed by atoms with van der Waals surface area (Å²) < 4.78 is 14.2. The number of aromatic carboxylic acids is 1. The number of aromatic nitrogens is 1. The summed E-state index contributed by atoms with van der Waals surface area (Å²) in [5, 5.41) is 13.3.